The number of hydrogen-bond acceptors (Lipinski definition) is 3. The third-order valence-corrected chi connectivity index (χ3v) is 1.67. The highest BCUT2D eigenvalue weighted by Gasteiger charge is 1.96. The van der Waals surface area contributed by atoms with Crippen molar-refractivity contribution >= 4 is 5.82 Å². The van der Waals surface area contributed by atoms with Crippen LogP contribution < -0.4 is 10.5 Å². The van der Waals surface area contributed by atoms with Crippen LogP contribution in [0.15, 0.2) is 24.3 Å². The van der Waals surface area contributed by atoms with Crippen molar-refractivity contribution in [3.63, 3.8) is 0 Å². The number of nitrogens with one attached hydrogen (secondary N) is 1. The molecule has 0 fully saturated rings. The molecule has 3 N–H and O–H groups in total. The van der Waals surface area contributed by atoms with Gasteiger partial charge in [-0.3, -0.25) is 5.10 Å². The second kappa shape index (κ2) is 5.95. The number of nitrogens with two attached hydrogens (primary N) is 1. The van der Waals surface area contributed by atoms with Crippen LogP contribution in [-0.2, 0) is 0 Å². The Kier molecular flexibility index (Phi) is 4.57. The molecule has 88 valence electrons. The molecule has 1 rings (SSSR count). The summed E-state index contributed by atoms with van der Waals surface area (Å²) in [6.07, 6.45) is 0. The van der Waals surface area contributed by atoms with E-state index in [1.54, 1.807) is 18.2 Å². The van der Waals surface area contributed by atoms with Crippen molar-refractivity contribution in [1.29, 1.82) is 0 Å². The molecule has 16 heavy (non-hydrogen) atoms. The monoisotopic (exact) mass is 225 g/mol. The van der Waals surface area contributed by atoms with Crippen molar-refractivity contribution in [2.24, 2.45) is 5.92 Å². The molecular formula is C11H16FN3O. The van der Waals surface area contributed by atoms with E-state index in [1.165, 1.54) is 6.07 Å². The molecule has 0 aliphatic heterocycles. The van der Waals surface area contributed by atoms with Gasteiger partial charge in [0.15, 0.2) is 0 Å². The van der Waals surface area contributed by atoms with Gasteiger partial charge >= 0.3 is 0 Å². The zero-order valence-corrected chi connectivity index (χ0v) is 9.40. The van der Waals surface area contributed by atoms with Gasteiger partial charge in [-0.1, -0.05) is 19.9 Å². The van der Waals surface area contributed by atoms with E-state index in [1.807, 2.05) is 13.8 Å². The van der Waals surface area contributed by atoms with Gasteiger partial charge in [0.1, 0.15) is 11.6 Å². The van der Waals surface area contributed by atoms with E-state index in [2.05, 4.69) is 10.2 Å². The number of aromatic amines is 1. The largest absolute Gasteiger partial charge is 0.493 e. The van der Waals surface area contributed by atoms with Crippen molar-refractivity contribution in [2.45, 2.75) is 13.8 Å². The van der Waals surface area contributed by atoms with Crippen LogP contribution in [0.1, 0.15) is 13.8 Å². The van der Waals surface area contributed by atoms with Crippen LogP contribution in [0.3, 0.4) is 0 Å². The lowest BCUT2D eigenvalue weighted by Crippen LogP contribution is -2.04. The van der Waals surface area contributed by atoms with Gasteiger partial charge in [0.25, 0.3) is 0 Å². The normalized spacial score (nSPS) is 10.0. The molecule has 0 bridgehead atoms. The molecule has 0 aliphatic rings. The average Bonchev–Trinajstić information content (AvgIpc) is 2.28. The van der Waals surface area contributed by atoms with Crippen LogP contribution in [0.2, 0.25) is 0 Å². The fraction of sp³-hybridized carbons (Fsp3) is 0.364. The molecule has 1 aromatic heterocycles. The number of aromatic nitrogens is 2. The molecule has 0 unspecified atom stereocenters. The Balaban J connectivity index is 2.98. The Hall–Kier alpha value is -1.78. The maximum atomic E-state index is 13.2. The summed E-state index contributed by atoms with van der Waals surface area (Å²) in [5.41, 5.74) is 5.44. The highest BCUT2D eigenvalue weighted by atomic mass is 19.1. The Morgan fingerprint density at radius 1 is 1.50 bits per heavy atom. The second-order valence-electron chi connectivity index (χ2n) is 3.77. The van der Waals surface area contributed by atoms with Gasteiger partial charge in [-0.2, -0.15) is 9.49 Å². The Labute approximate surface area is 93.9 Å². The summed E-state index contributed by atoms with van der Waals surface area (Å²) in [7, 11) is 0. The first kappa shape index (κ1) is 12.3. The van der Waals surface area contributed by atoms with Gasteiger partial charge in [0, 0.05) is 6.07 Å². The summed E-state index contributed by atoms with van der Waals surface area (Å²) in [6.45, 7) is 4.57. The first-order valence-corrected chi connectivity index (χ1v) is 5.05. The van der Waals surface area contributed by atoms with Crippen LogP contribution in [0.4, 0.5) is 10.2 Å². The summed E-state index contributed by atoms with van der Waals surface area (Å²) in [5.74, 6) is 0.398. The SMILES string of the molecule is CC(C)COc1cccc(N)n[nH]c(F)c1. The minimum absolute atomic E-state index is 0.199. The zero-order chi connectivity index (χ0) is 12.0. The topological polar surface area (TPSA) is 63.9 Å². The molecule has 0 aliphatic carbocycles. The maximum Gasteiger partial charge on any atom is 0.210 e. The third-order valence-electron chi connectivity index (χ3n) is 1.67. The predicted octanol–water partition coefficient (Wildman–Crippen LogP) is 2.29. The minimum Gasteiger partial charge on any atom is -0.493 e. The lowest BCUT2D eigenvalue weighted by atomic mass is 10.2. The standard InChI is InChI=1S/C11H16FN3O/c1-8(2)7-16-9-4-3-5-11(13)15-14-10(12)6-9/h3-6,8,14H,7H2,1-2H3,(H2,13,15). The number of hydrogen-bond donors (Lipinski definition) is 2. The Morgan fingerprint density at radius 3 is 2.94 bits per heavy atom. The van der Waals surface area contributed by atoms with E-state index < -0.39 is 5.95 Å². The molecule has 1 heterocycles. The zero-order valence-electron chi connectivity index (χ0n) is 9.40. The van der Waals surface area contributed by atoms with Crippen molar-refractivity contribution in [3.05, 3.63) is 30.2 Å². The van der Waals surface area contributed by atoms with Gasteiger partial charge in [-0.05, 0) is 18.1 Å². The van der Waals surface area contributed by atoms with Crippen LogP contribution in [0.5, 0.6) is 5.75 Å². The molecule has 0 saturated carbocycles. The first-order valence-electron chi connectivity index (χ1n) is 5.05. The minimum atomic E-state index is -0.610. The summed E-state index contributed by atoms with van der Waals surface area (Å²) in [4.78, 5) is 0. The lowest BCUT2D eigenvalue weighted by Gasteiger charge is -2.06. The molecule has 0 saturated heterocycles. The third kappa shape index (κ3) is 4.63. The van der Waals surface area contributed by atoms with Crippen LogP contribution >= 0.6 is 0 Å². The molecule has 5 heteroatoms. The van der Waals surface area contributed by atoms with Crippen molar-refractivity contribution in [3.8, 4) is 5.75 Å². The number of ether oxygens (including phenoxy) is 1. The van der Waals surface area contributed by atoms with E-state index in [4.69, 9.17) is 10.5 Å². The number of halogens is 1. The summed E-state index contributed by atoms with van der Waals surface area (Å²) >= 11 is 0. The highest BCUT2D eigenvalue weighted by Crippen LogP contribution is 2.09. The number of rotatable bonds is 3. The molecule has 0 aromatic carbocycles. The number of nitrogen functional groups attached to an aromatic ring is 1. The van der Waals surface area contributed by atoms with Gasteiger partial charge in [-0.15, -0.1) is 0 Å². The smallest absolute Gasteiger partial charge is 0.210 e. The predicted molar refractivity (Wildman–Crippen MR) is 60.9 cm³/mol. The van der Waals surface area contributed by atoms with E-state index in [0.29, 0.717) is 18.3 Å². The fourth-order valence-corrected chi connectivity index (χ4v) is 0.955. The summed E-state index contributed by atoms with van der Waals surface area (Å²) in [5, 5.41) is 5.76. The lowest BCUT2D eigenvalue weighted by molar-refractivity contribution is 0.270. The summed E-state index contributed by atoms with van der Waals surface area (Å²) < 4.78 is 18.6. The molecule has 0 atom stereocenters. The Bertz CT molecular complexity index is 389. The number of H-pyrrole nitrogens is 1. The second-order valence-corrected chi connectivity index (χ2v) is 3.77. The van der Waals surface area contributed by atoms with E-state index in [-0.39, 0.29) is 5.82 Å². The van der Waals surface area contributed by atoms with E-state index in [0.717, 1.165) is 0 Å². The van der Waals surface area contributed by atoms with Crippen molar-refractivity contribution in [2.75, 3.05) is 12.3 Å². The van der Waals surface area contributed by atoms with Gasteiger partial charge in [0.2, 0.25) is 5.95 Å². The van der Waals surface area contributed by atoms with Crippen LogP contribution in [0, 0.1) is 11.9 Å². The van der Waals surface area contributed by atoms with E-state index >= 15 is 0 Å². The molecule has 4 nitrogen and oxygen atoms in total. The number of nitrogens with zero attached hydrogens (tertiary/aromatic N) is 1. The molecule has 1 aromatic rings. The first-order chi connectivity index (χ1) is 7.58. The van der Waals surface area contributed by atoms with Crippen molar-refractivity contribution < 1.29 is 9.13 Å². The highest BCUT2D eigenvalue weighted by molar-refractivity contribution is 5.25. The molecule has 0 spiro atoms. The summed E-state index contributed by atoms with van der Waals surface area (Å²) in [6, 6.07) is 6.08. The van der Waals surface area contributed by atoms with Gasteiger partial charge < -0.3 is 10.5 Å². The maximum absolute atomic E-state index is 13.2. The Morgan fingerprint density at radius 2 is 2.25 bits per heavy atom. The van der Waals surface area contributed by atoms with Crippen LogP contribution in [-0.4, -0.2) is 16.8 Å². The van der Waals surface area contributed by atoms with E-state index in [9.17, 15) is 4.39 Å². The van der Waals surface area contributed by atoms with Gasteiger partial charge in [-0.25, -0.2) is 0 Å². The fourth-order valence-electron chi connectivity index (χ4n) is 0.955. The van der Waals surface area contributed by atoms with Gasteiger partial charge in [0.05, 0.1) is 6.61 Å². The van der Waals surface area contributed by atoms with Crippen molar-refractivity contribution in [1.82, 2.24) is 10.2 Å². The molecule has 0 amide bonds. The quantitative estimate of drug-likeness (QED) is 0.829. The molecule has 0 radical (unpaired) electrons. The molecular weight excluding hydrogens is 209 g/mol. The number of anilines is 1. The van der Waals surface area contributed by atoms with Crippen LogP contribution in [0.25, 0.3) is 0 Å². The average molecular weight is 225 g/mol.